The number of pyridine rings is 1. The number of aromatic nitrogens is 1. The van der Waals surface area contributed by atoms with Gasteiger partial charge in [0.2, 0.25) is 0 Å². The Kier molecular flexibility index (Phi) is 4.22. The maximum Gasteiger partial charge on any atom is 0.128 e. The van der Waals surface area contributed by atoms with Crippen LogP contribution >= 0.6 is 15.9 Å². The average molecular weight is 283 g/mol. The molecule has 88 valence electrons. The Bertz CT molecular complexity index is 317. The van der Waals surface area contributed by atoms with Crippen molar-refractivity contribution in [3.63, 3.8) is 0 Å². The summed E-state index contributed by atoms with van der Waals surface area (Å²) >= 11 is 3.44. The summed E-state index contributed by atoms with van der Waals surface area (Å²) in [7, 11) is 2.17. The third kappa shape index (κ3) is 2.76. The number of hydrogen-bond acceptors (Lipinski definition) is 2. The van der Waals surface area contributed by atoms with Crippen molar-refractivity contribution in [3.05, 3.63) is 23.9 Å². The standard InChI is InChI=1S/C13H19BrN2/c1-16(12-5-3-2-4-6-12)13-8-7-11(9-14)10-15-13/h7-8,10,12H,2-6,9H2,1H3. The molecule has 1 saturated carbocycles. The van der Waals surface area contributed by atoms with Crippen molar-refractivity contribution in [3.8, 4) is 0 Å². The van der Waals surface area contributed by atoms with Crippen LogP contribution in [0, 0.1) is 0 Å². The highest BCUT2D eigenvalue weighted by atomic mass is 79.9. The molecule has 0 spiro atoms. The summed E-state index contributed by atoms with van der Waals surface area (Å²) in [6.07, 6.45) is 8.74. The molecule has 0 amide bonds. The highest BCUT2D eigenvalue weighted by Gasteiger charge is 2.18. The monoisotopic (exact) mass is 282 g/mol. The van der Waals surface area contributed by atoms with E-state index in [4.69, 9.17) is 0 Å². The molecule has 2 rings (SSSR count). The number of hydrogen-bond donors (Lipinski definition) is 0. The Morgan fingerprint density at radius 1 is 1.31 bits per heavy atom. The minimum atomic E-state index is 0.691. The molecule has 1 aromatic rings. The van der Waals surface area contributed by atoms with E-state index in [1.807, 2.05) is 6.20 Å². The Morgan fingerprint density at radius 3 is 2.62 bits per heavy atom. The summed E-state index contributed by atoms with van der Waals surface area (Å²) in [5, 5.41) is 0.882. The minimum absolute atomic E-state index is 0.691. The summed E-state index contributed by atoms with van der Waals surface area (Å²) in [6, 6.07) is 4.97. The topological polar surface area (TPSA) is 16.1 Å². The summed E-state index contributed by atoms with van der Waals surface area (Å²) < 4.78 is 0. The SMILES string of the molecule is CN(c1ccc(CBr)cn1)C1CCCCC1. The van der Waals surface area contributed by atoms with Gasteiger partial charge in [0.05, 0.1) is 0 Å². The maximum absolute atomic E-state index is 4.52. The predicted molar refractivity (Wildman–Crippen MR) is 72.1 cm³/mol. The minimum Gasteiger partial charge on any atom is -0.357 e. The fourth-order valence-corrected chi connectivity index (χ4v) is 2.69. The molecule has 1 heterocycles. The molecule has 16 heavy (non-hydrogen) atoms. The van der Waals surface area contributed by atoms with Crippen molar-refractivity contribution in [1.82, 2.24) is 4.98 Å². The van der Waals surface area contributed by atoms with Gasteiger partial charge in [-0.1, -0.05) is 41.3 Å². The summed E-state index contributed by atoms with van der Waals surface area (Å²) in [4.78, 5) is 6.86. The van der Waals surface area contributed by atoms with Gasteiger partial charge in [-0.15, -0.1) is 0 Å². The van der Waals surface area contributed by atoms with Crippen molar-refractivity contribution in [1.29, 1.82) is 0 Å². The number of nitrogens with zero attached hydrogens (tertiary/aromatic N) is 2. The van der Waals surface area contributed by atoms with Crippen molar-refractivity contribution >= 4 is 21.7 Å². The van der Waals surface area contributed by atoms with Gasteiger partial charge in [-0.2, -0.15) is 0 Å². The van der Waals surface area contributed by atoms with Crippen LogP contribution in [0.15, 0.2) is 18.3 Å². The van der Waals surface area contributed by atoms with Gasteiger partial charge in [-0.3, -0.25) is 0 Å². The van der Waals surface area contributed by atoms with Gasteiger partial charge in [0.25, 0.3) is 0 Å². The lowest BCUT2D eigenvalue weighted by atomic mass is 9.94. The van der Waals surface area contributed by atoms with Crippen molar-refractivity contribution in [2.24, 2.45) is 0 Å². The molecule has 0 atom stereocenters. The second-order valence-electron chi connectivity index (χ2n) is 4.56. The third-order valence-corrected chi connectivity index (χ3v) is 4.09. The van der Waals surface area contributed by atoms with E-state index in [2.05, 4.69) is 45.0 Å². The first-order chi connectivity index (χ1) is 7.81. The lowest BCUT2D eigenvalue weighted by Gasteiger charge is -2.32. The van der Waals surface area contributed by atoms with E-state index >= 15 is 0 Å². The van der Waals surface area contributed by atoms with E-state index in [1.54, 1.807) is 0 Å². The van der Waals surface area contributed by atoms with Crippen LogP contribution in [-0.2, 0) is 5.33 Å². The third-order valence-electron chi connectivity index (χ3n) is 3.45. The van der Waals surface area contributed by atoms with E-state index in [1.165, 1.54) is 37.7 Å². The molecular formula is C13H19BrN2. The van der Waals surface area contributed by atoms with Crippen LogP contribution in [0.4, 0.5) is 5.82 Å². The fourth-order valence-electron chi connectivity index (χ4n) is 2.36. The van der Waals surface area contributed by atoms with Gasteiger partial charge >= 0.3 is 0 Å². The first kappa shape index (κ1) is 11.9. The normalized spacial score (nSPS) is 17.4. The fraction of sp³-hybridized carbons (Fsp3) is 0.615. The van der Waals surface area contributed by atoms with E-state index in [9.17, 15) is 0 Å². The second kappa shape index (κ2) is 5.67. The molecule has 1 fully saturated rings. The Morgan fingerprint density at radius 2 is 2.06 bits per heavy atom. The van der Waals surface area contributed by atoms with Crippen LogP contribution in [0.3, 0.4) is 0 Å². The maximum atomic E-state index is 4.52. The van der Waals surface area contributed by atoms with E-state index in [-0.39, 0.29) is 0 Å². The molecule has 0 aliphatic heterocycles. The quantitative estimate of drug-likeness (QED) is 0.785. The summed E-state index contributed by atoms with van der Waals surface area (Å²) in [6.45, 7) is 0. The summed E-state index contributed by atoms with van der Waals surface area (Å²) in [5.41, 5.74) is 1.24. The van der Waals surface area contributed by atoms with E-state index in [0.29, 0.717) is 6.04 Å². The molecule has 1 aromatic heterocycles. The van der Waals surface area contributed by atoms with Gasteiger partial charge in [-0.05, 0) is 24.5 Å². The van der Waals surface area contributed by atoms with Crippen molar-refractivity contribution in [2.75, 3.05) is 11.9 Å². The molecule has 0 N–H and O–H groups in total. The number of halogens is 1. The highest BCUT2D eigenvalue weighted by Crippen LogP contribution is 2.25. The van der Waals surface area contributed by atoms with Crippen LogP contribution in [-0.4, -0.2) is 18.1 Å². The lowest BCUT2D eigenvalue weighted by molar-refractivity contribution is 0.426. The van der Waals surface area contributed by atoms with Gasteiger partial charge in [0, 0.05) is 24.6 Å². The molecule has 0 unspecified atom stereocenters. The second-order valence-corrected chi connectivity index (χ2v) is 5.12. The molecule has 0 aromatic carbocycles. The Balaban J connectivity index is 2.04. The molecule has 1 aliphatic rings. The van der Waals surface area contributed by atoms with Gasteiger partial charge in [0.1, 0.15) is 5.82 Å². The number of anilines is 1. The molecular weight excluding hydrogens is 264 g/mol. The highest BCUT2D eigenvalue weighted by molar-refractivity contribution is 9.08. The van der Waals surface area contributed by atoms with Crippen LogP contribution in [0.5, 0.6) is 0 Å². The Labute approximate surface area is 106 Å². The summed E-state index contributed by atoms with van der Waals surface area (Å²) in [5.74, 6) is 1.11. The van der Waals surface area contributed by atoms with Crippen LogP contribution < -0.4 is 4.90 Å². The number of rotatable bonds is 3. The lowest BCUT2D eigenvalue weighted by Crippen LogP contribution is -2.33. The molecule has 0 radical (unpaired) electrons. The zero-order chi connectivity index (χ0) is 11.4. The molecule has 3 heteroatoms. The smallest absolute Gasteiger partial charge is 0.128 e. The molecule has 2 nitrogen and oxygen atoms in total. The molecule has 0 bridgehead atoms. The van der Waals surface area contributed by atoms with Gasteiger partial charge in [0.15, 0.2) is 0 Å². The molecule has 1 aliphatic carbocycles. The van der Waals surface area contributed by atoms with E-state index < -0.39 is 0 Å². The predicted octanol–water partition coefficient (Wildman–Crippen LogP) is 3.75. The van der Waals surface area contributed by atoms with Crippen LogP contribution in [0.2, 0.25) is 0 Å². The van der Waals surface area contributed by atoms with Gasteiger partial charge < -0.3 is 4.90 Å². The van der Waals surface area contributed by atoms with Crippen LogP contribution in [0.25, 0.3) is 0 Å². The van der Waals surface area contributed by atoms with Crippen molar-refractivity contribution < 1.29 is 0 Å². The number of alkyl halides is 1. The first-order valence-electron chi connectivity index (χ1n) is 6.05. The molecule has 0 saturated heterocycles. The largest absolute Gasteiger partial charge is 0.357 e. The zero-order valence-electron chi connectivity index (χ0n) is 9.82. The van der Waals surface area contributed by atoms with Crippen LogP contribution in [0.1, 0.15) is 37.7 Å². The van der Waals surface area contributed by atoms with Crippen molar-refractivity contribution in [2.45, 2.75) is 43.5 Å². The average Bonchev–Trinajstić information content (AvgIpc) is 2.39. The zero-order valence-corrected chi connectivity index (χ0v) is 11.4. The first-order valence-corrected chi connectivity index (χ1v) is 7.17. The van der Waals surface area contributed by atoms with E-state index in [0.717, 1.165) is 11.1 Å². The Hall–Kier alpha value is -0.570. The van der Waals surface area contributed by atoms with Gasteiger partial charge in [-0.25, -0.2) is 4.98 Å².